The van der Waals surface area contributed by atoms with Gasteiger partial charge in [-0.3, -0.25) is 4.79 Å². The Morgan fingerprint density at radius 2 is 1.87 bits per heavy atom. The fourth-order valence-electron chi connectivity index (χ4n) is 2.99. The van der Waals surface area contributed by atoms with E-state index in [1.54, 1.807) is 12.0 Å². The summed E-state index contributed by atoms with van der Waals surface area (Å²) >= 11 is 0. The molecule has 1 N–H and O–H groups in total. The number of likely N-dealkylation sites (tertiary alicyclic amines) is 1. The van der Waals surface area contributed by atoms with Crippen LogP contribution in [0, 0.1) is 0 Å². The minimum absolute atomic E-state index is 0.00591. The van der Waals surface area contributed by atoms with E-state index in [2.05, 4.69) is 0 Å². The molecule has 1 saturated heterocycles. The summed E-state index contributed by atoms with van der Waals surface area (Å²) in [6.07, 6.45) is 1.00. The van der Waals surface area contributed by atoms with Crippen molar-refractivity contribution in [1.29, 1.82) is 0 Å². The van der Waals surface area contributed by atoms with Crippen LogP contribution in [0.3, 0.4) is 0 Å². The lowest BCUT2D eigenvalue weighted by atomic mass is 9.92. The maximum atomic E-state index is 11.9. The number of benzene rings is 2. The van der Waals surface area contributed by atoms with Crippen LogP contribution in [0.5, 0.6) is 5.75 Å². The molecule has 1 fully saturated rings. The average Bonchev–Trinajstić information content (AvgIpc) is 2.59. The number of hydrogen-bond donors (Lipinski definition) is 1. The van der Waals surface area contributed by atoms with Gasteiger partial charge in [0, 0.05) is 0 Å². The van der Waals surface area contributed by atoms with E-state index in [1.807, 2.05) is 54.6 Å². The van der Waals surface area contributed by atoms with Gasteiger partial charge in [0.2, 0.25) is 5.91 Å². The molecule has 2 aromatic rings. The molecule has 0 bridgehead atoms. The number of aliphatic hydroxyl groups excluding tert-OH is 1. The highest BCUT2D eigenvalue weighted by molar-refractivity contribution is 5.83. The van der Waals surface area contributed by atoms with Crippen molar-refractivity contribution < 1.29 is 14.6 Å². The van der Waals surface area contributed by atoms with E-state index in [0.29, 0.717) is 12.8 Å². The van der Waals surface area contributed by atoms with Crippen molar-refractivity contribution in [2.75, 3.05) is 7.11 Å². The van der Waals surface area contributed by atoms with Gasteiger partial charge in [0.1, 0.15) is 12.0 Å². The predicted octanol–water partition coefficient (Wildman–Crippen LogP) is 2.92. The van der Waals surface area contributed by atoms with Gasteiger partial charge in [0.25, 0.3) is 0 Å². The van der Waals surface area contributed by atoms with E-state index >= 15 is 0 Å². The van der Waals surface area contributed by atoms with Crippen molar-refractivity contribution in [3.63, 3.8) is 0 Å². The second kappa shape index (κ2) is 6.84. The largest absolute Gasteiger partial charge is 0.497 e. The summed E-state index contributed by atoms with van der Waals surface area (Å²) in [4.78, 5) is 13.5. The number of aryl methyl sites for hydroxylation is 1. The Labute approximate surface area is 136 Å². The topological polar surface area (TPSA) is 49.8 Å². The molecule has 1 aliphatic heterocycles. The fraction of sp³-hybridized carbons (Fsp3) is 0.316. The first-order chi connectivity index (χ1) is 11.2. The van der Waals surface area contributed by atoms with Crippen LogP contribution in [0.25, 0.3) is 0 Å². The molecule has 0 aromatic heterocycles. The van der Waals surface area contributed by atoms with Gasteiger partial charge in [0.15, 0.2) is 0 Å². The molecule has 1 heterocycles. The molecule has 3 rings (SSSR count). The lowest BCUT2D eigenvalue weighted by molar-refractivity contribution is -0.164. The fourth-order valence-corrected chi connectivity index (χ4v) is 2.99. The number of carbonyl (C=O) groups is 1. The molecule has 4 heteroatoms. The third kappa shape index (κ3) is 3.37. The minimum Gasteiger partial charge on any atom is -0.497 e. The molecule has 23 heavy (non-hydrogen) atoms. The molecule has 1 amide bonds. The number of β-lactam (4-membered cyclic amide) rings is 1. The Morgan fingerprint density at radius 3 is 2.48 bits per heavy atom. The normalized spacial score (nSPS) is 18.4. The third-order valence-electron chi connectivity index (χ3n) is 4.35. The van der Waals surface area contributed by atoms with E-state index in [1.165, 1.54) is 5.56 Å². The van der Waals surface area contributed by atoms with Crippen LogP contribution in [-0.2, 0) is 11.2 Å². The Bertz CT molecular complexity index is 654. The summed E-state index contributed by atoms with van der Waals surface area (Å²) in [5, 5.41) is 10.4. The standard InChI is InChI=1S/C19H21NO3/c1-23-16-10-8-15(9-11-16)17-13-19(22)20(17)18(21)12-7-14-5-3-2-4-6-14/h2-6,8-11,17-18,21H,7,12-13H2,1H3. The number of nitrogens with zero attached hydrogens (tertiary/aromatic N) is 1. The molecule has 0 spiro atoms. The monoisotopic (exact) mass is 311 g/mol. The number of amides is 1. The molecule has 0 saturated carbocycles. The molecule has 2 atom stereocenters. The van der Waals surface area contributed by atoms with Crippen LogP contribution >= 0.6 is 0 Å². The molecule has 0 aliphatic carbocycles. The lowest BCUT2D eigenvalue weighted by Crippen LogP contribution is -2.52. The van der Waals surface area contributed by atoms with Crippen LogP contribution in [0.1, 0.15) is 30.0 Å². The zero-order valence-electron chi connectivity index (χ0n) is 13.2. The maximum absolute atomic E-state index is 11.9. The van der Waals surface area contributed by atoms with Gasteiger partial charge in [-0.25, -0.2) is 0 Å². The van der Waals surface area contributed by atoms with Crippen LogP contribution in [0.4, 0.5) is 0 Å². The number of carbonyl (C=O) groups excluding carboxylic acids is 1. The summed E-state index contributed by atoms with van der Waals surface area (Å²) < 4.78 is 5.15. The van der Waals surface area contributed by atoms with Gasteiger partial charge in [0.05, 0.1) is 19.6 Å². The highest BCUT2D eigenvalue weighted by atomic mass is 16.5. The Morgan fingerprint density at radius 1 is 1.17 bits per heavy atom. The average molecular weight is 311 g/mol. The Balaban J connectivity index is 1.63. The minimum atomic E-state index is -0.747. The number of hydrogen-bond acceptors (Lipinski definition) is 3. The third-order valence-corrected chi connectivity index (χ3v) is 4.35. The van der Waals surface area contributed by atoms with E-state index in [4.69, 9.17) is 4.74 Å². The van der Waals surface area contributed by atoms with Crippen molar-refractivity contribution in [2.24, 2.45) is 0 Å². The van der Waals surface area contributed by atoms with Gasteiger partial charge in [-0.05, 0) is 36.1 Å². The maximum Gasteiger partial charge on any atom is 0.227 e. The SMILES string of the molecule is COc1ccc(C2CC(=O)N2C(O)CCc2ccccc2)cc1. The van der Waals surface area contributed by atoms with E-state index in [9.17, 15) is 9.90 Å². The van der Waals surface area contributed by atoms with Crippen LogP contribution in [0.15, 0.2) is 54.6 Å². The Hall–Kier alpha value is -2.33. The summed E-state index contributed by atoms with van der Waals surface area (Å²) in [5.74, 6) is 0.793. The number of methoxy groups -OCH3 is 1. The van der Waals surface area contributed by atoms with Crippen LogP contribution < -0.4 is 4.74 Å². The number of ether oxygens (including phenoxy) is 1. The highest BCUT2D eigenvalue weighted by Crippen LogP contribution is 2.37. The smallest absolute Gasteiger partial charge is 0.227 e. The van der Waals surface area contributed by atoms with Crippen molar-refractivity contribution >= 4 is 5.91 Å². The van der Waals surface area contributed by atoms with Crippen LogP contribution in [0.2, 0.25) is 0 Å². The summed E-state index contributed by atoms with van der Waals surface area (Å²) in [7, 11) is 1.63. The first-order valence-corrected chi connectivity index (χ1v) is 7.86. The van der Waals surface area contributed by atoms with Gasteiger partial charge in [-0.1, -0.05) is 42.5 Å². The predicted molar refractivity (Wildman–Crippen MR) is 88.0 cm³/mol. The van der Waals surface area contributed by atoms with E-state index < -0.39 is 6.23 Å². The van der Waals surface area contributed by atoms with E-state index in [0.717, 1.165) is 17.7 Å². The van der Waals surface area contributed by atoms with Crippen molar-refractivity contribution in [3.05, 3.63) is 65.7 Å². The number of aliphatic hydroxyl groups is 1. The number of rotatable bonds is 6. The highest BCUT2D eigenvalue weighted by Gasteiger charge is 2.40. The van der Waals surface area contributed by atoms with Crippen LogP contribution in [-0.4, -0.2) is 29.3 Å². The molecular weight excluding hydrogens is 290 g/mol. The molecule has 120 valence electrons. The zero-order chi connectivity index (χ0) is 16.2. The van der Waals surface area contributed by atoms with Gasteiger partial charge in [-0.2, -0.15) is 0 Å². The summed E-state index contributed by atoms with van der Waals surface area (Å²) in [6, 6.07) is 17.6. The second-order valence-corrected chi connectivity index (χ2v) is 5.80. The molecule has 4 nitrogen and oxygen atoms in total. The van der Waals surface area contributed by atoms with Crippen molar-refractivity contribution in [2.45, 2.75) is 31.5 Å². The van der Waals surface area contributed by atoms with Crippen molar-refractivity contribution in [1.82, 2.24) is 4.90 Å². The zero-order valence-corrected chi connectivity index (χ0v) is 13.2. The molecule has 0 radical (unpaired) electrons. The Kier molecular flexibility index (Phi) is 4.63. The molecule has 1 aliphatic rings. The van der Waals surface area contributed by atoms with Crippen molar-refractivity contribution in [3.8, 4) is 5.75 Å². The quantitative estimate of drug-likeness (QED) is 0.835. The second-order valence-electron chi connectivity index (χ2n) is 5.80. The molecule has 2 unspecified atom stereocenters. The first kappa shape index (κ1) is 15.6. The summed E-state index contributed by atoms with van der Waals surface area (Å²) in [6.45, 7) is 0. The summed E-state index contributed by atoms with van der Waals surface area (Å²) in [5.41, 5.74) is 2.20. The van der Waals surface area contributed by atoms with E-state index in [-0.39, 0.29) is 11.9 Å². The lowest BCUT2D eigenvalue weighted by Gasteiger charge is -2.43. The van der Waals surface area contributed by atoms with Gasteiger partial charge < -0.3 is 14.7 Å². The van der Waals surface area contributed by atoms with Gasteiger partial charge >= 0.3 is 0 Å². The van der Waals surface area contributed by atoms with Gasteiger partial charge in [-0.15, -0.1) is 0 Å². The molecule has 2 aromatic carbocycles. The molecular formula is C19H21NO3. The first-order valence-electron chi connectivity index (χ1n) is 7.86.